The van der Waals surface area contributed by atoms with Gasteiger partial charge >= 0.3 is 0 Å². The number of aliphatic hydroxyl groups excluding tert-OH is 1. The Bertz CT molecular complexity index is 430. The van der Waals surface area contributed by atoms with Gasteiger partial charge in [0.15, 0.2) is 8.32 Å². The Morgan fingerprint density at radius 2 is 1.83 bits per heavy atom. The van der Waals surface area contributed by atoms with E-state index in [0.717, 1.165) is 25.7 Å². The molecule has 0 aromatic rings. The van der Waals surface area contributed by atoms with Crippen molar-refractivity contribution in [1.82, 2.24) is 0 Å². The van der Waals surface area contributed by atoms with Gasteiger partial charge < -0.3 is 19.0 Å². The topological polar surface area (TPSA) is 47.9 Å². The lowest BCUT2D eigenvalue weighted by Crippen LogP contribution is -2.48. The van der Waals surface area contributed by atoms with Gasteiger partial charge in [-0.05, 0) is 37.4 Å². The molecule has 0 spiro atoms. The summed E-state index contributed by atoms with van der Waals surface area (Å²) in [6.45, 7) is 13.7. The largest absolute Gasteiger partial charge is 0.411 e. The molecular weight excluding hydrogens is 320 g/mol. The van der Waals surface area contributed by atoms with Crippen LogP contribution in [0.1, 0.15) is 53.4 Å². The Morgan fingerprint density at radius 3 is 2.42 bits per heavy atom. The lowest BCUT2D eigenvalue weighted by atomic mass is 10.0. The molecule has 1 saturated heterocycles. The molecule has 5 heteroatoms. The van der Waals surface area contributed by atoms with Crippen LogP contribution in [0.2, 0.25) is 18.1 Å². The first kappa shape index (κ1) is 20.1. The second-order valence-electron chi connectivity index (χ2n) is 8.70. The van der Waals surface area contributed by atoms with Crippen molar-refractivity contribution >= 4 is 8.32 Å². The zero-order valence-corrected chi connectivity index (χ0v) is 17.2. The Hall–Kier alpha value is -0.203. The molecule has 140 valence electrons. The van der Waals surface area contributed by atoms with Crippen molar-refractivity contribution < 1.29 is 19.0 Å². The van der Waals surface area contributed by atoms with Crippen LogP contribution in [0, 0.1) is 0 Å². The number of hydrogen-bond acceptors (Lipinski definition) is 4. The average Bonchev–Trinajstić information content (AvgIpc) is 2.85. The Morgan fingerprint density at radius 1 is 1.17 bits per heavy atom. The fourth-order valence-electron chi connectivity index (χ4n) is 3.23. The summed E-state index contributed by atoms with van der Waals surface area (Å²) in [6, 6.07) is 0. The molecule has 0 saturated carbocycles. The van der Waals surface area contributed by atoms with Gasteiger partial charge in [-0.3, -0.25) is 0 Å². The van der Waals surface area contributed by atoms with Crippen LogP contribution in [0.4, 0.5) is 0 Å². The fourth-order valence-corrected chi connectivity index (χ4v) is 4.66. The van der Waals surface area contributed by atoms with E-state index in [0.29, 0.717) is 0 Å². The predicted molar refractivity (Wildman–Crippen MR) is 99.8 cm³/mol. The van der Waals surface area contributed by atoms with Crippen molar-refractivity contribution in [3.8, 4) is 0 Å². The molecule has 5 atom stereocenters. The molecule has 0 unspecified atom stereocenters. The first-order valence-corrected chi connectivity index (χ1v) is 12.3. The monoisotopic (exact) mass is 356 g/mol. The van der Waals surface area contributed by atoms with Gasteiger partial charge in [0.1, 0.15) is 0 Å². The minimum absolute atomic E-state index is 0.0616. The third kappa shape index (κ3) is 4.70. The van der Waals surface area contributed by atoms with Gasteiger partial charge in [-0.25, -0.2) is 0 Å². The van der Waals surface area contributed by atoms with Gasteiger partial charge in [-0.2, -0.15) is 0 Å². The third-order valence-corrected chi connectivity index (χ3v) is 10.3. The van der Waals surface area contributed by atoms with Gasteiger partial charge in [0.25, 0.3) is 0 Å². The maximum Gasteiger partial charge on any atom is 0.192 e. The molecule has 0 aromatic carbocycles. The number of fused-ring (bicyclic) bond motifs is 1. The molecule has 2 aliphatic rings. The first-order chi connectivity index (χ1) is 11.2. The van der Waals surface area contributed by atoms with Gasteiger partial charge in [0.2, 0.25) is 0 Å². The van der Waals surface area contributed by atoms with E-state index in [4.69, 9.17) is 13.9 Å². The molecule has 1 N–H and O–H groups in total. The van der Waals surface area contributed by atoms with Crippen molar-refractivity contribution in [2.24, 2.45) is 0 Å². The maximum atomic E-state index is 9.40. The van der Waals surface area contributed by atoms with Crippen LogP contribution in [0.3, 0.4) is 0 Å². The van der Waals surface area contributed by atoms with Crippen LogP contribution in [0.15, 0.2) is 12.2 Å². The summed E-state index contributed by atoms with van der Waals surface area (Å²) < 4.78 is 19.1. The highest BCUT2D eigenvalue weighted by molar-refractivity contribution is 6.74. The highest BCUT2D eigenvalue weighted by atomic mass is 28.4. The van der Waals surface area contributed by atoms with Crippen molar-refractivity contribution in [2.75, 3.05) is 6.61 Å². The summed E-state index contributed by atoms with van der Waals surface area (Å²) >= 11 is 0. The van der Waals surface area contributed by atoms with Gasteiger partial charge in [0, 0.05) is 6.42 Å². The molecule has 2 rings (SSSR count). The van der Waals surface area contributed by atoms with Crippen molar-refractivity contribution in [3.63, 3.8) is 0 Å². The molecule has 0 aliphatic carbocycles. The Balaban J connectivity index is 2.10. The standard InChI is InChI=1S/C19H36O4Si/c1-7-15(23-24(5,6)19(2,3)4)16-10-8-9-11-17-18(22-16)12-14(13-20)21-17/h8-9,14-18,20H,7,10-13H2,1-6H3/b9-8-/t14-,15-,16-,17+,18+/m1/s1. The average molecular weight is 357 g/mol. The maximum absolute atomic E-state index is 9.40. The normalized spacial score (nSPS) is 34.3. The SMILES string of the molecule is CC[C@@H](O[Si](C)(C)C(C)(C)C)[C@H]1C/C=C\C[C@@H]2O[C@@H](CO)C[C@@H]2O1. The van der Waals surface area contributed by atoms with E-state index in [1.54, 1.807) is 0 Å². The molecule has 0 bridgehead atoms. The van der Waals surface area contributed by atoms with Crippen molar-refractivity contribution in [2.45, 2.75) is 102 Å². The zero-order chi connectivity index (χ0) is 18.0. The summed E-state index contributed by atoms with van der Waals surface area (Å²) in [6.07, 6.45) is 8.11. The smallest absolute Gasteiger partial charge is 0.192 e. The van der Waals surface area contributed by atoms with E-state index >= 15 is 0 Å². The van der Waals surface area contributed by atoms with E-state index in [1.807, 2.05) is 0 Å². The summed E-state index contributed by atoms with van der Waals surface area (Å²) in [5.41, 5.74) is 0. The second-order valence-corrected chi connectivity index (χ2v) is 13.5. The summed E-state index contributed by atoms with van der Waals surface area (Å²) in [5.74, 6) is 0. The third-order valence-electron chi connectivity index (χ3n) is 5.80. The number of rotatable bonds is 5. The van der Waals surface area contributed by atoms with Crippen LogP contribution in [-0.4, -0.2) is 50.6 Å². The summed E-state index contributed by atoms with van der Waals surface area (Å²) in [7, 11) is -1.83. The number of hydrogen-bond donors (Lipinski definition) is 1. The van der Waals surface area contributed by atoms with E-state index in [1.165, 1.54) is 0 Å². The van der Waals surface area contributed by atoms with E-state index in [2.05, 4.69) is 52.9 Å². The van der Waals surface area contributed by atoms with Crippen LogP contribution in [0.5, 0.6) is 0 Å². The molecule has 4 nitrogen and oxygen atoms in total. The molecule has 2 aliphatic heterocycles. The van der Waals surface area contributed by atoms with Crippen molar-refractivity contribution in [3.05, 3.63) is 12.2 Å². The quantitative estimate of drug-likeness (QED) is 0.596. The Labute approximate surface area is 148 Å². The van der Waals surface area contributed by atoms with E-state index < -0.39 is 8.32 Å². The predicted octanol–water partition coefficient (Wildman–Crippen LogP) is 4.04. The highest BCUT2D eigenvalue weighted by Gasteiger charge is 2.42. The molecule has 2 heterocycles. The zero-order valence-electron chi connectivity index (χ0n) is 16.2. The van der Waals surface area contributed by atoms with Crippen LogP contribution >= 0.6 is 0 Å². The van der Waals surface area contributed by atoms with Crippen molar-refractivity contribution in [1.29, 1.82) is 0 Å². The lowest BCUT2D eigenvalue weighted by Gasteiger charge is -2.42. The Kier molecular flexibility index (Phi) is 6.70. The molecule has 0 amide bonds. The first-order valence-electron chi connectivity index (χ1n) is 9.42. The fraction of sp³-hybridized carbons (Fsp3) is 0.895. The van der Waals surface area contributed by atoms with Gasteiger partial charge in [-0.15, -0.1) is 0 Å². The lowest BCUT2D eigenvalue weighted by molar-refractivity contribution is -0.0967. The molecule has 0 radical (unpaired) electrons. The van der Waals surface area contributed by atoms with Gasteiger partial charge in [0.05, 0.1) is 37.1 Å². The minimum Gasteiger partial charge on any atom is -0.411 e. The second kappa shape index (κ2) is 8.00. The molecular formula is C19H36O4Si. The van der Waals surface area contributed by atoms with Crippen LogP contribution in [-0.2, 0) is 13.9 Å². The number of aliphatic hydroxyl groups is 1. The van der Waals surface area contributed by atoms with Crippen LogP contribution < -0.4 is 0 Å². The molecule has 1 fully saturated rings. The number of ether oxygens (including phenoxy) is 2. The molecule has 0 aromatic heterocycles. The molecule has 24 heavy (non-hydrogen) atoms. The minimum atomic E-state index is -1.83. The summed E-state index contributed by atoms with van der Waals surface area (Å²) in [4.78, 5) is 0. The summed E-state index contributed by atoms with van der Waals surface area (Å²) in [5, 5.41) is 9.59. The highest BCUT2D eigenvalue weighted by Crippen LogP contribution is 2.39. The van der Waals surface area contributed by atoms with Gasteiger partial charge in [-0.1, -0.05) is 39.8 Å². The van der Waals surface area contributed by atoms with E-state index in [9.17, 15) is 5.11 Å². The van der Waals surface area contributed by atoms with Crippen LogP contribution in [0.25, 0.3) is 0 Å². The van der Waals surface area contributed by atoms with E-state index in [-0.39, 0.29) is 42.2 Å².